The largest absolute Gasteiger partial charge is 0 e. The molecule has 1 aliphatic carbocycles. The van der Waals surface area contributed by atoms with Gasteiger partial charge in [-0.3, -0.25) is 0 Å². The molecule has 0 amide bonds. The average Bonchev–Trinajstić information content (AvgIpc) is 2.73. The molecule has 8 heteroatoms. The van der Waals surface area contributed by atoms with Gasteiger partial charge < -0.3 is 5.11 Å². The summed E-state index contributed by atoms with van der Waals surface area (Å²) in [5.74, 6) is 0. The smallest absolute Gasteiger partial charge is 0 e. The predicted octanol–water partition coefficient (Wildman–Crippen LogP) is 2.39. The first-order valence-electron chi connectivity index (χ1n) is 7.27. The van der Waals surface area contributed by atoms with E-state index in [9.17, 15) is 13.5 Å². The minimum atomic E-state index is -3.50. The molecule has 6 nitrogen and oxygen atoms in total. The van der Waals surface area contributed by atoms with Crippen molar-refractivity contribution in [2.45, 2.75) is 29.1 Å². The second kappa shape index (κ2) is 14.2. The normalized spacial score (nSPS) is 16.7. The van der Waals surface area contributed by atoms with Crippen LogP contribution >= 0.6 is 0 Å². The van der Waals surface area contributed by atoms with Crippen molar-refractivity contribution in [1.29, 1.82) is 0 Å². The van der Waals surface area contributed by atoms with Gasteiger partial charge in [-0.2, -0.15) is 0 Å². The molecule has 0 saturated heterocycles. The van der Waals surface area contributed by atoms with Gasteiger partial charge in [-0.15, -0.1) is 0 Å². The average molecular weight is 424 g/mol. The van der Waals surface area contributed by atoms with Crippen LogP contribution in [0.4, 0.5) is 0 Å². The van der Waals surface area contributed by atoms with Gasteiger partial charge in [-0.05, 0) is 36.1 Å². The van der Waals surface area contributed by atoms with Gasteiger partial charge in [0.25, 0.3) is 0 Å². The van der Waals surface area contributed by atoms with Gasteiger partial charge in [0.1, 0.15) is 0 Å². The van der Waals surface area contributed by atoms with Gasteiger partial charge in [-0.25, -0.2) is 8.42 Å². The van der Waals surface area contributed by atoms with E-state index < -0.39 is 21.2 Å². The number of aliphatic hydroxyl groups excluding tert-OH is 1. The number of rotatable bonds is 2. The molecule has 0 unspecified atom stereocenters. The summed E-state index contributed by atoms with van der Waals surface area (Å²) in [6.07, 6.45) is 0.185. The third-order valence-corrected chi connectivity index (χ3v) is 6.11. The molecule has 0 radical (unpaired) electrons. The summed E-state index contributed by atoms with van der Waals surface area (Å²) >= 11 is 0. The van der Waals surface area contributed by atoms with Gasteiger partial charge in [0.2, 0.25) is 0 Å². The standard InChI is InChI=1S/C16H16O3S.3CO.Cr/c17-16-14-9-5-4-6-12(14)10-11-15(16)20(18,19)13-7-2-1-3-8-13;3*1-2;/h1-9,15-17H,10-11H2;;;;/t15-,16-;;;;/m0..../s1. The summed E-state index contributed by atoms with van der Waals surface area (Å²) < 4.78 is 47.8. The number of benzene rings is 2. The van der Waals surface area contributed by atoms with E-state index in [4.69, 9.17) is 14.0 Å². The Hall–Kier alpha value is -1.90. The molecule has 2 aromatic rings. The fraction of sp³-hybridized carbons (Fsp3) is 0.211. The van der Waals surface area contributed by atoms with E-state index in [1.165, 1.54) is 0 Å². The first-order valence-corrected chi connectivity index (χ1v) is 8.81. The van der Waals surface area contributed by atoms with Gasteiger partial charge >= 0.3 is 33.9 Å². The molecule has 27 heavy (non-hydrogen) atoms. The molecule has 0 saturated carbocycles. The summed E-state index contributed by atoms with van der Waals surface area (Å²) in [4.78, 5) is 0.281. The summed E-state index contributed by atoms with van der Waals surface area (Å²) in [6.45, 7) is 13.5. The molecular weight excluding hydrogens is 408 g/mol. The Balaban J connectivity index is 0. The minimum absolute atomic E-state index is 0. The molecule has 0 aromatic heterocycles. The van der Waals surface area contributed by atoms with Crippen molar-refractivity contribution in [3.8, 4) is 0 Å². The molecule has 2 aromatic carbocycles. The quantitative estimate of drug-likeness (QED) is 0.590. The van der Waals surface area contributed by atoms with Gasteiger partial charge in [-0.1, -0.05) is 42.5 Å². The first-order chi connectivity index (χ1) is 12.6. The molecule has 1 N–H and O–H groups in total. The zero-order valence-electron chi connectivity index (χ0n) is 14.1. The van der Waals surface area contributed by atoms with Crippen LogP contribution in [0, 0.1) is 20.0 Å². The van der Waals surface area contributed by atoms with Crippen molar-refractivity contribution in [2.75, 3.05) is 0 Å². The number of hydrogen-bond donors (Lipinski definition) is 1. The van der Waals surface area contributed by atoms with Crippen molar-refractivity contribution < 1.29 is 44.8 Å². The number of aryl methyl sites for hydroxylation is 1. The van der Waals surface area contributed by atoms with Crippen molar-refractivity contribution in [2.24, 2.45) is 0 Å². The van der Waals surface area contributed by atoms with E-state index in [0.717, 1.165) is 11.1 Å². The Bertz CT molecular complexity index is 829. The number of hydrogen-bond acceptors (Lipinski definition) is 3. The molecule has 0 spiro atoms. The van der Waals surface area contributed by atoms with Crippen LogP contribution in [-0.2, 0) is 47.6 Å². The molecule has 140 valence electrons. The van der Waals surface area contributed by atoms with Crippen LogP contribution in [0.15, 0.2) is 59.5 Å². The van der Waals surface area contributed by atoms with Crippen LogP contribution < -0.4 is 0 Å². The van der Waals surface area contributed by atoms with E-state index in [0.29, 0.717) is 12.8 Å². The molecule has 0 aliphatic heterocycles. The Kier molecular flexibility index (Phi) is 14.4. The van der Waals surface area contributed by atoms with E-state index >= 15 is 0 Å². The minimum Gasteiger partial charge on any atom is 0 e. The maximum Gasteiger partial charge on any atom is 0 e. The monoisotopic (exact) mass is 424 g/mol. The van der Waals surface area contributed by atoms with Crippen LogP contribution in [-0.4, -0.2) is 18.8 Å². The van der Waals surface area contributed by atoms with Crippen molar-refractivity contribution >= 4 is 9.84 Å². The third-order valence-electron chi connectivity index (χ3n) is 3.89. The van der Waals surface area contributed by atoms with Gasteiger partial charge in [0.15, 0.2) is 9.84 Å². The molecule has 0 bridgehead atoms. The first kappa shape index (κ1) is 27.3. The Morgan fingerprint density at radius 1 is 0.852 bits per heavy atom. The Morgan fingerprint density at radius 3 is 1.89 bits per heavy atom. The molecular formula is C19H16CrO6S. The van der Waals surface area contributed by atoms with Crippen LogP contribution in [0.3, 0.4) is 0 Å². The van der Waals surface area contributed by atoms with Gasteiger partial charge in [0, 0.05) is 17.4 Å². The van der Waals surface area contributed by atoms with Crippen LogP contribution in [0.5, 0.6) is 0 Å². The topological polar surface area (TPSA) is 114 Å². The predicted molar refractivity (Wildman–Crippen MR) is 88.9 cm³/mol. The number of aliphatic hydroxyl groups is 1. The van der Waals surface area contributed by atoms with Gasteiger partial charge in [0.05, 0.1) is 16.2 Å². The van der Waals surface area contributed by atoms with Crippen LogP contribution in [0.25, 0.3) is 0 Å². The zero-order valence-corrected chi connectivity index (χ0v) is 16.2. The fourth-order valence-electron chi connectivity index (χ4n) is 2.82. The zero-order chi connectivity index (χ0) is 20.2. The van der Waals surface area contributed by atoms with E-state index in [2.05, 4.69) is 20.0 Å². The second-order valence-electron chi connectivity index (χ2n) is 5.08. The maximum atomic E-state index is 12.6. The molecule has 0 fully saturated rings. The molecule has 1 aliphatic rings. The van der Waals surface area contributed by atoms with Crippen LogP contribution in [0.2, 0.25) is 0 Å². The van der Waals surface area contributed by atoms with E-state index in [1.807, 2.05) is 24.3 Å². The summed E-state index contributed by atoms with van der Waals surface area (Å²) in [5, 5.41) is 9.67. The van der Waals surface area contributed by atoms with Crippen LogP contribution in [0.1, 0.15) is 23.7 Å². The van der Waals surface area contributed by atoms with Crippen molar-refractivity contribution in [3.05, 3.63) is 85.7 Å². The van der Waals surface area contributed by atoms with E-state index in [1.54, 1.807) is 30.3 Å². The second-order valence-corrected chi connectivity index (χ2v) is 7.25. The summed E-state index contributed by atoms with van der Waals surface area (Å²) in [7, 11) is -3.50. The number of sulfone groups is 1. The summed E-state index contributed by atoms with van der Waals surface area (Å²) in [5.41, 5.74) is 1.78. The maximum absolute atomic E-state index is 12.6. The Morgan fingerprint density at radius 2 is 1.33 bits per heavy atom. The Labute approximate surface area is 169 Å². The van der Waals surface area contributed by atoms with Crippen molar-refractivity contribution in [1.82, 2.24) is 0 Å². The van der Waals surface area contributed by atoms with E-state index in [-0.39, 0.29) is 22.3 Å². The molecule has 3 rings (SSSR count). The number of fused-ring (bicyclic) bond motifs is 1. The third kappa shape index (κ3) is 6.64. The fourth-order valence-corrected chi connectivity index (χ4v) is 4.62. The molecule has 0 heterocycles. The SMILES string of the molecule is O=S(=O)(c1ccccc1)[C@H]1CCc2ccccc2[C@@H]1O.[C-]#[O+].[C-]#[O+].[C-]#[O+].[Cr]. The summed E-state index contributed by atoms with van der Waals surface area (Å²) in [6, 6.07) is 15.9. The van der Waals surface area contributed by atoms with Crippen molar-refractivity contribution in [3.63, 3.8) is 0 Å². The molecule has 2 atom stereocenters.